The summed E-state index contributed by atoms with van der Waals surface area (Å²) in [4.78, 5) is 34.0. The Morgan fingerprint density at radius 3 is 2.65 bits per heavy atom. The smallest absolute Gasteiger partial charge is 0.233 e. The lowest BCUT2D eigenvalue weighted by atomic mass is 9.90. The second-order valence-corrected chi connectivity index (χ2v) is 10.9. The molecule has 2 fully saturated rings. The predicted molar refractivity (Wildman–Crippen MR) is 147 cm³/mol. The van der Waals surface area contributed by atoms with Crippen LogP contribution < -0.4 is 5.32 Å². The largest absolute Gasteiger partial charge is 0.391 e. The van der Waals surface area contributed by atoms with Gasteiger partial charge in [-0.3, -0.25) is 4.79 Å². The van der Waals surface area contributed by atoms with Gasteiger partial charge in [-0.25, -0.2) is 19.3 Å². The van der Waals surface area contributed by atoms with Gasteiger partial charge in [-0.05, 0) is 70.7 Å². The van der Waals surface area contributed by atoms with Crippen LogP contribution in [-0.4, -0.2) is 100 Å². The van der Waals surface area contributed by atoms with Crippen LogP contribution in [0.15, 0.2) is 36.5 Å². The zero-order chi connectivity index (χ0) is 28.3. The molecule has 40 heavy (non-hydrogen) atoms. The minimum atomic E-state index is -0.865. The van der Waals surface area contributed by atoms with Crippen LogP contribution in [0.4, 0.5) is 10.3 Å². The molecule has 0 saturated carbocycles. The Morgan fingerprint density at radius 1 is 1.23 bits per heavy atom. The predicted octanol–water partition coefficient (Wildman–Crippen LogP) is 2.68. The van der Waals surface area contributed by atoms with Crippen LogP contribution in [0.5, 0.6) is 0 Å². The molecule has 3 aromatic rings. The van der Waals surface area contributed by atoms with Crippen LogP contribution in [0.2, 0.25) is 0 Å². The van der Waals surface area contributed by atoms with E-state index in [1.54, 1.807) is 29.3 Å². The number of amides is 1. The van der Waals surface area contributed by atoms with Gasteiger partial charge in [-0.1, -0.05) is 0 Å². The van der Waals surface area contributed by atoms with Gasteiger partial charge in [-0.15, -0.1) is 0 Å². The number of hydrogen-bond donors (Lipinski definition) is 3. The average molecular weight is 554 g/mol. The molecule has 0 spiro atoms. The van der Waals surface area contributed by atoms with Gasteiger partial charge in [0.15, 0.2) is 5.82 Å². The van der Waals surface area contributed by atoms with Crippen molar-refractivity contribution in [2.45, 2.75) is 32.2 Å². The molecule has 12 heteroatoms. The van der Waals surface area contributed by atoms with Crippen molar-refractivity contribution in [2.24, 2.45) is 5.41 Å². The van der Waals surface area contributed by atoms with Crippen molar-refractivity contribution in [3.63, 3.8) is 0 Å². The Kier molecular flexibility index (Phi) is 8.40. The van der Waals surface area contributed by atoms with Gasteiger partial charge >= 0.3 is 0 Å². The van der Waals surface area contributed by atoms with E-state index in [0.717, 1.165) is 19.5 Å². The number of β-amino-alcohol motifs (C(OH)–C–C–N with tert-alkyl or cyclic N) is 1. The van der Waals surface area contributed by atoms with E-state index in [2.05, 4.69) is 25.2 Å². The van der Waals surface area contributed by atoms with Crippen LogP contribution >= 0.6 is 0 Å². The molecule has 5 rings (SSSR count). The molecule has 2 saturated heterocycles. The molecule has 2 aliphatic rings. The number of nitrogens with zero attached hydrogens (tertiary/aromatic N) is 5. The number of aliphatic hydroxyl groups excluding tert-OH is 1. The number of aromatic amines is 1. The van der Waals surface area contributed by atoms with Crippen molar-refractivity contribution in [2.75, 3.05) is 58.8 Å². The number of ether oxygens (including phenoxy) is 2. The van der Waals surface area contributed by atoms with Crippen LogP contribution in [0.1, 0.15) is 31.9 Å². The molecular weight excluding hydrogens is 517 g/mol. The minimum Gasteiger partial charge on any atom is -0.391 e. The third-order valence-electron chi connectivity index (χ3n) is 7.11. The fourth-order valence-electron chi connectivity index (χ4n) is 4.88. The van der Waals surface area contributed by atoms with E-state index in [-0.39, 0.29) is 24.9 Å². The van der Waals surface area contributed by atoms with E-state index in [1.807, 2.05) is 21.0 Å². The first-order valence-corrected chi connectivity index (χ1v) is 13.5. The molecule has 214 valence electrons. The number of hydrogen-bond acceptors (Lipinski definition) is 9. The summed E-state index contributed by atoms with van der Waals surface area (Å²) in [6.07, 6.45) is 1.86. The number of nitrogens with one attached hydrogen (secondary N) is 2. The molecule has 11 nitrogen and oxygen atoms in total. The number of rotatable bonds is 9. The third kappa shape index (κ3) is 6.30. The second kappa shape index (κ2) is 12.0. The summed E-state index contributed by atoms with van der Waals surface area (Å²) < 4.78 is 25.7. The van der Waals surface area contributed by atoms with E-state index in [1.165, 1.54) is 12.1 Å². The SMILES string of the molecule is CN(C)CCCNc1nccc(-c2[nH]c(C3OCC(C)(C(=O)N4CCC(O)C4)CO3)nc2-c2ccc(F)cc2)n1. The number of likely N-dealkylation sites (tertiary alicyclic amines) is 1. The molecule has 3 N–H and O–H groups in total. The number of carbonyl (C=O) groups excluding carboxylic acids is 1. The van der Waals surface area contributed by atoms with Crippen molar-refractivity contribution in [1.29, 1.82) is 0 Å². The first-order valence-electron chi connectivity index (χ1n) is 13.5. The highest BCUT2D eigenvalue weighted by Gasteiger charge is 2.44. The van der Waals surface area contributed by atoms with Crippen molar-refractivity contribution >= 4 is 11.9 Å². The molecular formula is C28H36FN7O4. The summed E-state index contributed by atoms with van der Waals surface area (Å²) in [5.74, 6) is 0.463. The molecule has 2 aliphatic heterocycles. The molecule has 0 bridgehead atoms. The molecule has 1 amide bonds. The Balaban J connectivity index is 1.36. The zero-order valence-corrected chi connectivity index (χ0v) is 23.1. The van der Waals surface area contributed by atoms with Crippen molar-refractivity contribution in [3.8, 4) is 22.6 Å². The molecule has 0 aliphatic carbocycles. The van der Waals surface area contributed by atoms with Gasteiger partial charge in [0.2, 0.25) is 18.1 Å². The Bertz CT molecular complexity index is 1310. The molecule has 4 heterocycles. The number of aliphatic hydroxyl groups is 1. The van der Waals surface area contributed by atoms with Gasteiger partial charge in [0.05, 0.1) is 41.8 Å². The molecule has 1 aromatic carbocycles. The highest BCUT2D eigenvalue weighted by Crippen LogP contribution is 2.36. The summed E-state index contributed by atoms with van der Waals surface area (Å²) in [5.41, 5.74) is 1.61. The lowest BCUT2D eigenvalue weighted by Gasteiger charge is -2.37. The van der Waals surface area contributed by atoms with Crippen molar-refractivity contribution in [1.82, 2.24) is 29.7 Å². The summed E-state index contributed by atoms with van der Waals surface area (Å²) in [7, 11) is 4.06. The summed E-state index contributed by atoms with van der Waals surface area (Å²) >= 11 is 0. The number of aromatic nitrogens is 4. The number of benzene rings is 1. The summed E-state index contributed by atoms with van der Waals surface area (Å²) in [5, 5.41) is 13.1. The third-order valence-corrected chi connectivity index (χ3v) is 7.11. The molecule has 2 aromatic heterocycles. The number of imidazole rings is 1. The maximum absolute atomic E-state index is 13.7. The highest BCUT2D eigenvalue weighted by atomic mass is 19.1. The number of anilines is 1. The fraction of sp³-hybridized carbons (Fsp3) is 0.500. The molecule has 0 radical (unpaired) electrons. The maximum atomic E-state index is 13.7. The monoisotopic (exact) mass is 553 g/mol. The number of halogens is 1. The number of H-pyrrole nitrogens is 1. The van der Waals surface area contributed by atoms with Crippen molar-refractivity contribution in [3.05, 3.63) is 48.2 Å². The van der Waals surface area contributed by atoms with Gasteiger partial charge in [0.1, 0.15) is 5.82 Å². The Morgan fingerprint density at radius 2 is 1.98 bits per heavy atom. The van der Waals surface area contributed by atoms with Crippen molar-refractivity contribution < 1.29 is 23.8 Å². The van der Waals surface area contributed by atoms with E-state index >= 15 is 0 Å². The van der Waals surface area contributed by atoms with E-state index < -0.39 is 17.8 Å². The van der Waals surface area contributed by atoms with Crippen LogP contribution in [0.3, 0.4) is 0 Å². The quantitative estimate of drug-likeness (QED) is 0.343. The van der Waals surface area contributed by atoms with Gasteiger partial charge in [0, 0.05) is 31.4 Å². The average Bonchev–Trinajstić information content (AvgIpc) is 3.59. The van der Waals surface area contributed by atoms with Gasteiger partial charge < -0.3 is 34.7 Å². The lowest BCUT2D eigenvalue weighted by molar-refractivity contribution is -0.234. The summed E-state index contributed by atoms with van der Waals surface area (Å²) in [6.45, 7) is 4.59. The van der Waals surface area contributed by atoms with Crippen LogP contribution in [-0.2, 0) is 14.3 Å². The maximum Gasteiger partial charge on any atom is 0.233 e. The second-order valence-electron chi connectivity index (χ2n) is 10.9. The molecule has 1 unspecified atom stereocenters. The first kappa shape index (κ1) is 28.1. The zero-order valence-electron chi connectivity index (χ0n) is 23.1. The van der Waals surface area contributed by atoms with Gasteiger partial charge in [0.25, 0.3) is 0 Å². The van der Waals surface area contributed by atoms with E-state index in [4.69, 9.17) is 14.5 Å². The minimum absolute atomic E-state index is 0.0961. The standard InChI is InChI=1S/C28H36FN7O4/c1-28(26(38)36-14-10-20(37)15-36)16-39-25(40-17-28)24-33-22(18-5-7-19(29)8-6-18)23(34-24)21-9-12-31-27(32-21)30-11-4-13-35(2)3/h5-9,12,20,25,37H,4,10-11,13-17H2,1-3H3,(H,33,34)(H,30,31,32). The molecule has 1 atom stereocenters. The van der Waals surface area contributed by atoms with Gasteiger partial charge in [-0.2, -0.15) is 0 Å². The Hall–Kier alpha value is -3.45. The van der Waals surface area contributed by atoms with Crippen LogP contribution in [0, 0.1) is 11.2 Å². The first-order chi connectivity index (χ1) is 19.2. The van der Waals surface area contributed by atoms with E-state index in [0.29, 0.717) is 53.9 Å². The highest BCUT2D eigenvalue weighted by molar-refractivity contribution is 5.83. The topological polar surface area (TPSA) is 129 Å². The fourth-order valence-corrected chi connectivity index (χ4v) is 4.88. The summed E-state index contributed by atoms with van der Waals surface area (Å²) in [6, 6.07) is 7.85. The lowest BCUT2D eigenvalue weighted by Crippen LogP contribution is -2.49. The number of carbonyl (C=O) groups is 1. The Labute approximate surface area is 232 Å². The van der Waals surface area contributed by atoms with Crippen LogP contribution in [0.25, 0.3) is 22.6 Å². The normalized spacial score (nSPS) is 23.1. The van der Waals surface area contributed by atoms with E-state index in [9.17, 15) is 14.3 Å².